The third-order valence-corrected chi connectivity index (χ3v) is 8.22. The topological polar surface area (TPSA) is 257 Å². The molecule has 2 fully saturated rings. The van der Waals surface area contributed by atoms with Gasteiger partial charge in [0, 0.05) is 0 Å². The first-order chi connectivity index (χ1) is 19.7. The zero-order valence-corrected chi connectivity index (χ0v) is 22.7. The van der Waals surface area contributed by atoms with Crippen LogP contribution < -0.4 is 10.3 Å². The van der Waals surface area contributed by atoms with Crippen LogP contribution in [0, 0.1) is 0 Å². The maximum atomic E-state index is 11.3. The normalized spacial score (nSPS) is 37.5. The van der Waals surface area contributed by atoms with E-state index in [0.717, 1.165) is 5.01 Å². The van der Waals surface area contributed by atoms with Crippen molar-refractivity contribution in [2.75, 3.05) is 19.5 Å². The van der Waals surface area contributed by atoms with E-state index in [0.29, 0.717) is 5.03 Å². The molecule has 20 heteroatoms. The van der Waals surface area contributed by atoms with Crippen molar-refractivity contribution in [3.63, 3.8) is 0 Å². The lowest BCUT2D eigenvalue weighted by Crippen LogP contribution is -2.77. The van der Waals surface area contributed by atoms with Gasteiger partial charge in [0.25, 0.3) is 18.0 Å². The van der Waals surface area contributed by atoms with Gasteiger partial charge in [0.1, 0.15) is 53.9 Å². The van der Waals surface area contributed by atoms with Crippen molar-refractivity contribution in [1.82, 2.24) is 19.6 Å². The fourth-order valence-corrected chi connectivity index (χ4v) is 5.96. The summed E-state index contributed by atoms with van der Waals surface area (Å²) in [6, 6.07) is 0. The number of thioether (sulfide) groups is 1. The van der Waals surface area contributed by atoms with E-state index in [-0.39, 0.29) is 40.0 Å². The quantitative estimate of drug-likeness (QED) is 0.0705. The number of rotatable bonds is 6. The molecule has 6 rings (SSSR count). The maximum absolute atomic E-state index is 11.3. The Bertz CT molecular complexity index is 1440. The average Bonchev–Trinajstić information content (AvgIpc) is 3.69. The molecule has 5 aliphatic rings. The van der Waals surface area contributed by atoms with Crippen LogP contribution in [0.3, 0.4) is 0 Å². The fraction of sp³-hybridized carbons (Fsp3) is 0.524. The summed E-state index contributed by atoms with van der Waals surface area (Å²) in [6.45, 7) is -1.33. The highest BCUT2D eigenvalue weighted by atomic mass is 32.2. The minimum absolute atomic E-state index is 0.00738. The first-order valence-electron chi connectivity index (χ1n) is 12.2. The highest BCUT2D eigenvalue weighted by Crippen LogP contribution is 2.49. The van der Waals surface area contributed by atoms with E-state index in [4.69, 9.17) is 27.4 Å². The molecule has 8 N–H and O–H groups in total. The minimum atomic E-state index is -1.72. The predicted molar refractivity (Wildman–Crippen MR) is 148 cm³/mol. The summed E-state index contributed by atoms with van der Waals surface area (Å²) in [5, 5.41) is 65.4. The molecular formula is C21H25N10O8S2+. The number of aromatic nitrogens is 2. The van der Waals surface area contributed by atoms with Crippen LogP contribution >= 0.6 is 24.0 Å². The van der Waals surface area contributed by atoms with Gasteiger partial charge in [-0.05, 0) is 6.26 Å². The minimum Gasteiger partial charge on any atom is -0.394 e. The fourth-order valence-electron chi connectivity index (χ4n) is 5.30. The summed E-state index contributed by atoms with van der Waals surface area (Å²) in [4.78, 5) is 30.2. The first kappa shape index (κ1) is 28.2. The number of ether oxygens (including phenoxy) is 2. The third-order valence-electron chi connectivity index (χ3n) is 7.24. The van der Waals surface area contributed by atoms with Crippen LogP contribution in [0.4, 0.5) is 11.5 Å². The summed E-state index contributed by atoms with van der Waals surface area (Å²) < 4.78 is 10.9. The summed E-state index contributed by atoms with van der Waals surface area (Å²) >= 11 is 6.52. The molecule has 0 spiro atoms. The van der Waals surface area contributed by atoms with E-state index in [1.807, 2.05) is 0 Å². The van der Waals surface area contributed by atoms with Crippen molar-refractivity contribution in [3.8, 4) is 0 Å². The van der Waals surface area contributed by atoms with Crippen molar-refractivity contribution in [2.45, 2.75) is 54.1 Å². The molecule has 0 bridgehead atoms. The summed E-state index contributed by atoms with van der Waals surface area (Å²) in [6.07, 6.45) is -8.15. The summed E-state index contributed by atoms with van der Waals surface area (Å²) in [7, 11) is 0. The molecule has 1 aromatic heterocycles. The van der Waals surface area contributed by atoms with E-state index in [1.165, 1.54) is 24.4 Å². The molecule has 0 radical (unpaired) electrons. The second kappa shape index (κ2) is 10.4. The molecule has 0 saturated carbocycles. The summed E-state index contributed by atoms with van der Waals surface area (Å²) in [5.74, 6) is -0.470. The third kappa shape index (κ3) is 3.99. The lowest BCUT2D eigenvalue weighted by molar-refractivity contribution is -0.182. The second-order valence-corrected chi connectivity index (χ2v) is 10.6. The van der Waals surface area contributed by atoms with Gasteiger partial charge >= 0.3 is 5.96 Å². The first-order valence-corrected chi connectivity index (χ1v) is 13.8. The number of quaternary nitrogens is 1. The molecule has 6 heterocycles. The summed E-state index contributed by atoms with van der Waals surface area (Å²) in [5.41, 5.74) is 6.93. The van der Waals surface area contributed by atoms with Crippen LogP contribution in [0.1, 0.15) is 0 Å². The van der Waals surface area contributed by atoms with Gasteiger partial charge in [-0.1, -0.05) is 16.8 Å². The van der Waals surface area contributed by atoms with E-state index >= 15 is 0 Å². The van der Waals surface area contributed by atoms with E-state index < -0.39 is 66.9 Å². The van der Waals surface area contributed by atoms with Crippen LogP contribution in [-0.4, -0.2) is 149 Å². The number of hydrogen-bond acceptors (Lipinski definition) is 18. The maximum Gasteiger partial charge on any atom is 0.335 e. The number of hydrogen-bond donors (Lipinski definition) is 7. The SMILES string of the molecule is CSc1ncnc2c1N=C(N)[N+]2([C@@H]1O[C@H](CO)[C@@H](O)[C@H]1O)N(C1=NC2=NC=NC(=S)C2=N1)[C@@H]1O[C@H](CO)[C@@H](O)[C@H]1O. The molecule has 0 aliphatic carbocycles. The van der Waals surface area contributed by atoms with Crippen LogP contribution in [-0.2, 0) is 9.47 Å². The predicted octanol–water partition coefficient (Wildman–Crippen LogP) is -3.86. The van der Waals surface area contributed by atoms with Gasteiger partial charge in [-0.2, -0.15) is 15.0 Å². The van der Waals surface area contributed by atoms with E-state index in [2.05, 4.69) is 34.9 Å². The molecule has 218 valence electrons. The Morgan fingerprint density at radius 3 is 2.34 bits per heavy atom. The number of aliphatic hydroxyl groups is 6. The van der Waals surface area contributed by atoms with E-state index in [1.54, 1.807) is 6.26 Å². The van der Waals surface area contributed by atoms with Gasteiger partial charge in [0.2, 0.25) is 6.23 Å². The Morgan fingerprint density at radius 2 is 1.71 bits per heavy atom. The number of aliphatic hydroxyl groups excluding tert-OH is 6. The zero-order valence-electron chi connectivity index (χ0n) is 21.1. The number of amidine groups is 1. The average molecular weight is 610 g/mol. The Hall–Kier alpha value is -2.89. The number of aliphatic imine (C=N–C) groups is 5. The molecule has 18 nitrogen and oxygen atoms in total. The van der Waals surface area contributed by atoms with Crippen LogP contribution in [0.25, 0.3) is 0 Å². The van der Waals surface area contributed by atoms with Crippen LogP contribution in [0.2, 0.25) is 0 Å². The van der Waals surface area contributed by atoms with Gasteiger partial charge in [-0.25, -0.2) is 20.0 Å². The van der Waals surface area contributed by atoms with Gasteiger partial charge in [-0.3, -0.25) is 0 Å². The number of thiocarbonyl (C=S) groups is 1. The number of nitrogens with two attached hydrogens (primary N) is 1. The van der Waals surface area contributed by atoms with Crippen LogP contribution in [0.5, 0.6) is 0 Å². The highest BCUT2D eigenvalue weighted by molar-refractivity contribution is 7.98. The molecular weight excluding hydrogens is 584 g/mol. The smallest absolute Gasteiger partial charge is 0.335 e. The number of fused-ring (bicyclic) bond motifs is 2. The van der Waals surface area contributed by atoms with Gasteiger partial charge in [0.15, 0.2) is 22.6 Å². The number of nitrogens with zero attached hydrogens (tertiary/aromatic N) is 9. The van der Waals surface area contributed by atoms with Gasteiger partial charge in [0.05, 0.1) is 13.2 Å². The van der Waals surface area contributed by atoms with Crippen molar-refractivity contribution in [3.05, 3.63) is 6.33 Å². The molecule has 5 aliphatic heterocycles. The molecule has 9 atom stereocenters. The highest BCUT2D eigenvalue weighted by Gasteiger charge is 2.69. The monoisotopic (exact) mass is 609 g/mol. The second-order valence-electron chi connectivity index (χ2n) is 9.39. The van der Waals surface area contributed by atoms with E-state index in [9.17, 15) is 30.6 Å². The Morgan fingerprint density at radius 1 is 1.00 bits per heavy atom. The molecule has 0 aromatic carbocycles. The molecule has 1 aromatic rings. The molecule has 1 unspecified atom stereocenters. The van der Waals surface area contributed by atoms with Crippen molar-refractivity contribution in [2.24, 2.45) is 30.7 Å². The lowest BCUT2D eigenvalue weighted by atomic mass is 10.1. The van der Waals surface area contributed by atoms with Crippen molar-refractivity contribution < 1.29 is 40.1 Å². The molecule has 2 saturated heterocycles. The lowest BCUT2D eigenvalue weighted by Gasteiger charge is -2.46. The Balaban J connectivity index is 1.64. The largest absolute Gasteiger partial charge is 0.394 e. The Kier molecular flexibility index (Phi) is 7.18. The Labute approximate surface area is 240 Å². The van der Waals surface area contributed by atoms with Gasteiger partial charge in [-0.15, -0.1) is 16.8 Å². The standard InChI is InChI=1S/C21H25N10O8S2/c1-41-17-9-15(24-5-26-17)31(20(22)27-9,19-13(37)11(35)7(3-33)39-19)30(18-12(36)10(34)6(2-32)38-18)21-28-8-14(29-21)23-4-25-16(8)40/h4-7,10-13,18-19,32-37H,2-3H2,1H3,(H2,22,27)/q+1/t6-,7-,10-,11-,12-,13-,18-,19-,31?/m1/s1. The zero-order chi connectivity index (χ0) is 29.2. The van der Waals surface area contributed by atoms with Crippen molar-refractivity contribution >= 4 is 70.3 Å². The van der Waals surface area contributed by atoms with Crippen molar-refractivity contribution in [1.29, 1.82) is 0 Å². The number of guanidine groups is 2. The van der Waals surface area contributed by atoms with Crippen LogP contribution in [0.15, 0.2) is 36.3 Å². The molecule has 0 amide bonds. The van der Waals surface area contributed by atoms with Gasteiger partial charge < -0.3 is 45.8 Å². The molecule has 41 heavy (non-hydrogen) atoms.